The third kappa shape index (κ3) is 3.56. The molecule has 0 amide bonds. The highest BCUT2D eigenvalue weighted by Gasteiger charge is 2.29. The Balaban J connectivity index is 1.46. The predicted molar refractivity (Wildman–Crippen MR) is 103 cm³/mol. The largest absolute Gasteiger partial charge is 0.497 e. The van der Waals surface area contributed by atoms with Gasteiger partial charge in [0.1, 0.15) is 17.9 Å². The van der Waals surface area contributed by atoms with E-state index in [1.54, 1.807) is 42.3 Å². The lowest BCUT2D eigenvalue weighted by Gasteiger charge is -2.34. The lowest BCUT2D eigenvalue weighted by Crippen LogP contribution is -2.48. The van der Waals surface area contributed by atoms with Crippen LogP contribution in [0, 0.1) is 0 Å². The summed E-state index contributed by atoms with van der Waals surface area (Å²) in [6.07, 6.45) is 4.99. The average molecular weight is 400 g/mol. The Kier molecular flexibility index (Phi) is 4.97. The molecule has 1 aliphatic heterocycles. The van der Waals surface area contributed by atoms with Crippen molar-refractivity contribution >= 4 is 15.8 Å². The first-order valence-electron chi connectivity index (χ1n) is 8.79. The molecule has 0 bridgehead atoms. The maximum absolute atomic E-state index is 12.9. The van der Waals surface area contributed by atoms with Crippen LogP contribution in [0.2, 0.25) is 0 Å². The zero-order valence-corrected chi connectivity index (χ0v) is 16.2. The zero-order valence-electron chi connectivity index (χ0n) is 15.3. The van der Waals surface area contributed by atoms with E-state index in [0.29, 0.717) is 37.7 Å². The molecule has 0 saturated carbocycles. The molecule has 0 spiro atoms. The highest BCUT2D eigenvalue weighted by Crippen LogP contribution is 2.22. The number of benzene rings is 1. The van der Waals surface area contributed by atoms with E-state index >= 15 is 0 Å². The van der Waals surface area contributed by atoms with E-state index < -0.39 is 10.0 Å². The molecular formula is C18H20N6O3S. The SMILES string of the molecule is COc1ccc(S(=O)(=O)N2CCN(c3cc(-n4cccn4)ncn3)CC2)cc1. The molecule has 0 unspecified atom stereocenters. The Bertz CT molecular complexity index is 1030. The summed E-state index contributed by atoms with van der Waals surface area (Å²) in [4.78, 5) is 10.9. The smallest absolute Gasteiger partial charge is 0.243 e. The van der Waals surface area contributed by atoms with Crippen LogP contribution in [0.4, 0.5) is 5.82 Å². The molecule has 0 aliphatic carbocycles. The van der Waals surface area contributed by atoms with E-state index in [9.17, 15) is 8.42 Å². The fourth-order valence-corrected chi connectivity index (χ4v) is 4.52. The molecule has 1 aromatic carbocycles. The minimum Gasteiger partial charge on any atom is -0.497 e. The van der Waals surface area contributed by atoms with Gasteiger partial charge in [0.15, 0.2) is 5.82 Å². The van der Waals surface area contributed by atoms with Crippen molar-refractivity contribution in [2.75, 3.05) is 38.2 Å². The molecule has 1 fully saturated rings. The summed E-state index contributed by atoms with van der Waals surface area (Å²) in [7, 11) is -1.98. The van der Waals surface area contributed by atoms with Gasteiger partial charge in [-0.3, -0.25) is 0 Å². The van der Waals surface area contributed by atoms with E-state index in [0.717, 1.165) is 5.82 Å². The molecule has 2 aromatic heterocycles. The van der Waals surface area contributed by atoms with Gasteiger partial charge in [-0.25, -0.2) is 23.1 Å². The number of hydrogen-bond acceptors (Lipinski definition) is 7. The molecule has 10 heteroatoms. The Morgan fingerprint density at radius 2 is 1.71 bits per heavy atom. The van der Waals surface area contributed by atoms with Crippen LogP contribution in [0.3, 0.4) is 0 Å². The van der Waals surface area contributed by atoms with Crippen LogP contribution in [0.1, 0.15) is 0 Å². The number of piperazine rings is 1. The first kappa shape index (κ1) is 18.4. The van der Waals surface area contributed by atoms with Crippen molar-refractivity contribution < 1.29 is 13.2 Å². The van der Waals surface area contributed by atoms with E-state index in [-0.39, 0.29) is 4.90 Å². The summed E-state index contributed by atoms with van der Waals surface area (Å²) in [6, 6.07) is 10.1. The van der Waals surface area contributed by atoms with Crippen molar-refractivity contribution in [3.8, 4) is 11.6 Å². The summed E-state index contributed by atoms with van der Waals surface area (Å²) in [5, 5.41) is 4.17. The number of hydrogen-bond donors (Lipinski definition) is 0. The van der Waals surface area contributed by atoms with E-state index in [1.807, 2.05) is 18.3 Å². The molecule has 0 atom stereocenters. The van der Waals surface area contributed by atoms with Crippen molar-refractivity contribution in [3.63, 3.8) is 0 Å². The monoisotopic (exact) mass is 400 g/mol. The van der Waals surface area contributed by atoms with Crippen LogP contribution < -0.4 is 9.64 Å². The highest BCUT2D eigenvalue weighted by molar-refractivity contribution is 7.89. The lowest BCUT2D eigenvalue weighted by molar-refractivity contribution is 0.383. The quantitative estimate of drug-likeness (QED) is 0.635. The minimum atomic E-state index is -3.53. The maximum atomic E-state index is 12.9. The normalized spacial score (nSPS) is 15.5. The fourth-order valence-electron chi connectivity index (χ4n) is 3.09. The van der Waals surface area contributed by atoms with Crippen LogP contribution in [-0.2, 0) is 10.0 Å². The molecule has 0 radical (unpaired) electrons. The summed E-state index contributed by atoms with van der Waals surface area (Å²) in [5.41, 5.74) is 0. The van der Waals surface area contributed by atoms with Crippen molar-refractivity contribution in [2.45, 2.75) is 4.90 Å². The van der Waals surface area contributed by atoms with Gasteiger partial charge in [0.05, 0.1) is 12.0 Å². The predicted octanol–water partition coefficient (Wildman–Crippen LogP) is 1.18. The van der Waals surface area contributed by atoms with E-state index in [4.69, 9.17) is 4.74 Å². The van der Waals surface area contributed by atoms with Crippen LogP contribution >= 0.6 is 0 Å². The average Bonchev–Trinajstić information content (AvgIpc) is 3.29. The van der Waals surface area contributed by atoms with Gasteiger partial charge in [-0.15, -0.1) is 0 Å². The Labute approximate surface area is 163 Å². The number of anilines is 1. The van der Waals surface area contributed by atoms with Crippen LogP contribution in [0.5, 0.6) is 5.75 Å². The van der Waals surface area contributed by atoms with Crippen molar-refractivity contribution in [1.29, 1.82) is 0 Å². The van der Waals surface area contributed by atoms with Gasteiger partial charge in [-0.1, -0.05) is 0 Å². The van der Waals surface area contributed by atoms with Gasteiger partial charge in [0.2, 0.25) is 10.0 Å². The van der Waals surface area contributed by atoms with Crippen LogP contribution in [-0.4, -0.2) is 65.8 Å². The van der Waals surface area contributed by atoms with Crippen molar-refractivity contribution in [1.82, 2.24) is 24.1 Å². The summed E-state index contributed by atoms with van der Waals surface area (Å²) in [5.74, 6) is 2.05. The number of ether oxygens (including phenoxy) is 1. The summed E-state index contributed by atoms with van der Waals surface area (Å²) < 4.78 is 34.0. The molecule has 0 N–H and O–H groups in total. The number of rotatable bonds is 5. The molecular weight excluding hydrogens is 380 g/mol. The first-order valence-corrected chi connectivity index (χ1v) is 10.2. The van der Waals surface area contributed by atoms with Crippen molar-refractivity contribution in [3.05, 3.63) is 55.1 Å². The Morgan fingerprint density at radius 1 is 1.00 bits per heavy atom. The maximum Gasteiger partial charge on any atom is 0.243 e. The number of methoxy groups -OCH3 is 1. The highest BCUT2D eigenvalue weighted by atomic mass is 32.2. The van der Waals surface area contributed by atoms with Gasteiger partial charge in [0, 0.05) is 44.6 Å². The summed E-state index contributed by atoms with van der Waals surface area (Å²) in [6.45, 7) is 1.86. The minimum absolute atomic E-state index is 0.268. The molecule has 3 heterocycles. The topological polar surface area (TPSA) is 93.5 Å². The Morgan fingerprint density at radius 3 is 2.36 bits per heavy atom. The van der Waals surface area contributed by atoms with Gasteiger partial charge in [-0.2, -0.15) is 9.40 Å². The van der Waals surface area contributed by atoms with Crippen molar-refractivity contribution in [2.24, 2.45) is 0 Å². The molecule has 28 heavy (non-hydrogen) atoms. The molecule has 3 aromatic rings. The van der Waals surface area contributed by atoms with E-state index in [2.05, 4.69) is 20.0 Å². The third-order valence-corrected chi connectivity index (χ3v) is 6.55. The van der Waals surface area contributed by atoms with Gasteiger partial charge in [-0.05, 0) is 30.3 Å². The van der Waals surface area contributed by atoms with Gasteiger partial charge in [0.25, 0.3) is 0 Å². The molecule has 1 saturated heterocycles. The second-order valence-corrected chi connectivity index (χ2v) is 8.19. The second kappa shape index (κ2) is 7.56. The Hall–Kier alpha value is -2.98. The molecule has 146 valence electrons. The number of aromatic nitrogens is 4. The lowest BCUT2D eigenvalue weighted by atomic mass is 10.3. The fraction of sp³-hybridized carbons (Fsp3) is 0.278. The van der Waals surface area contributed by atoms with Crippen LogP contribution in [0.15, 0.2) is 60.0 Å². The molecule has 9 nitrogen and oxygen atoms in total. The first-order chi connectivity index (χ1) is 13.6. The second-order valence-electron chi connectivity index (χ2n) is 6.25. The number of nitrogens with zero attached hydrogens (tertiary/aromatic N) is 6. The van der Waals surface area contributed by atoms with E-state index in [1.165, 1.54) is 10.6 Å². The van der Waals surface area contributed by atoms with Gasteiger partial charge < -0.3 is 9.64 Å². The van der Waals surface area contributed by atoms with Crippen LogP contribution in [0.25, 0.3) is 5.82 Å². The third-order valence-electron chi connectivity index (χ3n) is 4.64. The summed E-state index contributed by atoms with van der Waals surface area (Å²) >= 11 is 0. The molecule has 4 rings (SSSR count). The number of sulfonamides is 1. The molecule has 1 aliphatic rings. The van der Waals surface area contributed by atoms with Gasteiger partial charge >= 0.3 is 0 Å². The zero-order chi connectivity index (χ0) is 19.6. The standard InChI is InChI=1S/C18H20N6O3S/c1-27-15-3-5-16(6-4-15)28(25,26)23-11-9-22(10-12-23)17-13-18(20-14-19-17)24-8-2-7-21-24/h2-8,13-14H,9-12H2,1H3.